The molecule has 1 aromatic carbocycles. The third-order valence-electron chi connectivity index (χ3n) is 3.55. The zero-order chi connectivity index (χ0) is 13.4. The maximum Gasteiger partial charge on any atom is 0.309 e. The van der Waals surface area contributed by atoms with E-state index in [4.69, 9.17) is 4.74 Å². The fourth-order valence-electron chi connectivity index (χ4n) is 2.46. The molecule has 0 atom stereocenters. The monoisotopic (exact) mass is 252 g/mol. The average Bonchev–Trinajstić information content (AvgIpc) is 2.23. The molecule has 0 aromatic heterocycles. The minimum atomic E-state index is -0.851. The van der Waals surface area contributed by atoms with Gasteiger partial charge in [0.25, 0.3) is 0 Å². The molecule has 98 valence electrons. The van der Waals surface area contributed by atoms with Crippen molar-refractivity contribution < 1.29 is 19.0 Å². The van der Waals surface area contributed by atoms with Crippen LogP contribution in [0.4, 0.5) is 4.39 Å². The van der Waals surface area contributed by atoms with Crippen LogP contribution in [0, 0.1) is 11.2 Å². The zero-order valence-corrected chi connectivity index (χ0v) is 10.6. The standard InChI is InChI=1S/C14H17FO3/c1-13(2,12(16)17)7-14(8-18-9-14)10-4-3-5-11(15)6-10/h3-6H,7-9H2,1-2H3,(H,16,17). The highest BCUT2D eigenvalue weighted by atomic mass is 19.1. The lowest BCUT2D eigenvalue weighted by molar-refractivity contribution is -0.152. The number of aliphatic carboxylic acids is 1. The number of rotatable bonds is 4. The van der Waals surface area contributed by atoms with Crippen molar-refractivity contribution in [2.75, 3.05) is 13.2 Å². The van der Waals surface area contributed by atoms with E-state index in [1.165, 1.54) is 12.1 Å². The van der Waals surface area contributed by atoms with Gasteiger partial charge in [0.2, 0.25) is 0 Å². The van der Waals surface area contributed by atoms with E-state index < -0.39 is 11.4 Å². The first-order chi connectivity index (χ1) is 8.36. The molecule has 0 radical (unpaired) electrons. The van der Waals surface area contributed by atoms with E-state index in [1.54, 1.807) is 19.9 Å². The molecule has 2 rings (SSSR count). The number of halogens is 1. The Morgan fingerprint density at radius 3 is 2.61 bits per heavy atom. The minimum absolute atomic E-state index is 0.299. The second-order valence-electron chi connectivity index (χ2n) is 5.65. The van der Waals surface area contributed by atoms with Gasteiger partial charge in [-0.2, -0.15) is 0 Å². The molecule has 1 fully saturated rings. The molecule has 1 aromatic rings. The predicted molar refractivity (Wildman–Crippen MR) is 64.9 cm³/mol. The first-order valence-electron chi connectivity index (χ1n) is 5.93. The maximum atomic E-state index is 13.3. The highest BCUT2D eigenvalue weighted by Crippen LogP contribution is 2.42. The Hall–Kier alpha value is -1.42. The van der Waals surface area contributed by atoms with Crippen LogP contribution in [0.2, 0.25) is 0 Å². The van der Waals surface area contributed by atoms with Gasteiger partial charge in [-0.15, -0.1) is 0 Å². The smallest absolute Gasteiger partial charge is 0.309 e. The molecule has 18 heavy (non-hydrogen) atoms. The van der Waals surface area contributed by atoms with E-state index in [0.717, 1.165) is 5.56 Å². The van der Waals surface area contributed by atoms with Gasteiger partial charge in [-0.05, 0) is 38.0 Å². The largest absolute Gasteiger partial charge is 0.481 e. The molecule has 1 saturated heterocycles. The molecule has 0 unspecified atom stereocenters. The Morgan fingerprint density at radius 2 is 2.17 bits per heavy atom. The molecule has 0 bridgehead atoms. The highest BCUT2D eigenvalue weighted by Gasteiger charge is 2.46. The van der Waals surface area contributed by atoms with E-state index in [9.17, 15) is 14.3 Å². The molecule has 1 aliphatic rings. The molecule has 0 aliphatic carbocycles. The number of benzene rings is 1. The Kier molecular flexibility index (Phi) is 3.15. The van der Waals surface area contributed by atoms with Crippen molar-refractivity contribution in [1.82, 2.24) is 0 Å². The Labute approximate surface area is 106 Å². The van der Waals surface area contributed by atoms with Crippen LogP contribution < -0.4 is 0 Å². The molecular formula is C14H17FO3. The minimum Gasteiger partial charge on any atom is -0.481 e. The third-order valence-corrected chi connectivity index (χ3v) is 3.55. The number of carboxylic acid groups (broad SMARTS) is 1. The van der Waals surface area contributed by atoms with Gasteiger partial charge in [0.15, 0.2) is 0 Å². The molecule has 0 amide bonds. The van der Waals surface area contributed by atoms with Gasteiger partial charge >= 0.3 is 5.97 Å². The number of hydrogen-bond acceptors (Lipinski definition) is 2. The van der Waals surface area contributed by atoms with Gasteiger partial charge in [0.1, 0.15) is 5.82 Å². The molecule has 1 aliphatic heterocycles. The molecule has 0 saturated carbocycles. The van der Waals surface area contributed by atoms with Crippen molar-refractivity contribution in [3.63, 3.8) is 0 Å². The summed E-state index contributed by atoms with van der Waals surface area (Å²) in [6.45, 7) is 4.28. The van der Waals surface area contributed by atoms with Gasteiger partial charge in [0, 0.05) is 5.41 Å². The SMILES string of the molecule is CC(C)(CC1(c2cccc(F)c2)COC1)C(=O)O. The van der Waals surface area contributed by atoms with E-state index in [2.05, 4.69) is 0 Å². The van der Waals surface area contributed by atoms with Crippen molar-refractivity contribution in [3.05, 3.63) is 35.6 Å². The van der Waals surface area contributed by atoms with Crippen LogP contribution in [-0.2, 0) is 14.9 Å². The van der Waals surface area contributed by atoms with Crippen molar-refractivity contribution in [2.24, 2.45) is 5.41 Å². The summed E-state index contributed by atoms with van der Waals surface area (Å²) in [5.74, 6) is -1.14. The fourth-order valence-corrected chi connectivity index (χ4v) is 2.46. The van der Waals surface area contributed by atoms with E-state index in [0.29, 0.717) is 19.6 Å². The van der Waals surface area contributed by atoms with Crippen molar-refractivity contribution in [3.8, 4) is 0 Å². The number of hydrogen-bond donors (Lipinski definition) is 1. The van der Waals surface area contributed by atoms with Crippen LogP contribution in [0.3, 0.4) is 0 Å². The van der Waals surface area contributed by atoms with Gasteiger partial charge in [-0.1, -0.05) is 12.1 Å². The summed E-state index contributed by atoms with van der Waals surface area (Å²) in [4.78, 5) is 11.2. The van der Waals surface area contributed by atoms with Crippen LogP contribution in [-0.4, -0.2) is 24.3 Å². The molecule has 3 nitrogen and oxygen atoms in total. The lowest BCUT2D eigenvalue weighted by Gasteiger charge is -2.45. The van der Waals surface area contributed by atoms with Crippen molar-refractivity contribution in [2.45, 2.75) is 25.7 Å². The lowest BCUT2D eigenvalue weighted by atomic mass is 9.67. The molecule has 1 N–H and O–H groups in total. The van der Waals surface area contributed by atoms with Crippen LogP contribution >= 0.6 is 0 Å². The molecule has 4 heteroatoms. The molecular weight excluding hydrogens is 235 g/mol. The summed E-state index contributed by atoms with van der Waals surface area (Å²) in [7, 11) is 0. The zero-order valence-electron chi connectivity index (χ0n) is 10.6. The Morgan fingerprint density at radius 1 is 1.50 bits per heavy atom. The third kappa shape index (κ3) is 2.25. The van der Waals surface area contributed by atoms with Gasteiger partial charge in [-0.25, -0.2) is 4.39 Å². The van der Waals surface area contributed by atoms with E-state index >= 15 is 0 Å². The van der Waals surface area contributed by atoms with Gasteiger partial charge in [0.05, 0.1) is 18.6 Å². The van der Waals surface area contributed by atoms with E-state index in [1.807, 2.05) is 6.07 Å². The van der Waals surface area contributed by atoms with Crippen molar-refractivity contribution in [1.29, 1.82) is 0 Å². The summed E-state index contributed by atoms with van der Waals surface area (Å²) in [5.41, 5.74) is -0.400. The first kappa shape index (κ1) is 13.0. The summed E-state index contributed by atoms with van der Waals surface area (Å²) >= 11 is 0. The Bertz CT molecular complexity index is 464. The van der Waals surface area contributed by atoms with Crippen LogP contribution in [0.25, 0.3) is 0 Å². The average molecular weight is 252 g/mol. The van der Waals surface area contributed by atoms with Crippen molar-refractivity contribution >= 4 is 5.97 Å². The molecule has 1 heterocycles. The summed E-state index contributed by atoms with van der Waals surface area (Å²) < 4.78 is 18.5. The molecule has 0 spiro atoms. The summed E-state index contributed by atoms with van der Waals surface area (Å²) in [6.07, 6.45) is 0.443. The van der Waals surface area contributed by atoms with E-state index in [-0.39, 0.29) is 11.2 Å². The summed E-state index contributed by atoms with van der Waals surface area (Å²) in [5, 5.41) is 9.21. The van der Waals surface area contributed by atoms with Crippen LogP contribution in [0.5, 0.6) is 0 Å². The first-order valence-corrected chi connectivity index (χ1v) is 5.93. The van der Waals surface area contributed by atoms with Crippen LogP contribution in [0.15, 0.2) is 24.3 Å². The van der Waals surface area contributed by atoms with Gasteiger partial charge < -0.3 is 9.84 Å². The number of carboxylic acids is 1. The fraction of sp³-hybridized carbons (Fsp3) is 0.500. The lowest BCUT2D eigenvalue weighted by Crippen LogP contribution is -2.50. The second kappa shape index (κ2) is 4.35. The number of ether oxygens (including phenoxy) is 1. The number of carbonyl (C=O) groups is 1. The summed E-state index contributed by atoms with van der Waals surface area (Å²) in [6, 6.07) is 6.35. The second-order valence-corrected chi connectivity index (χ2v) is 5.65. The van der Waals surface area contributed by atoms with Gasteiger partial charge in [-0.3, -0.25) is 4.79 Å². The highest BCUT2D eigenvalue weighted by molar-refractivity contribution is 5.73. The van der Waals surface area contributed by atoms with Crippen LogP contribution in [0.1, 0.15) is 25.8 Å². The normalized spacial score (nSPS) is 18.2. The predicted octanol–water partition coefficient (Wildman–Crippen LogP) is 2.59. The quantitative estimate of drug-likeness (QED) is 0.896. The Balaban J connectivity index is 2.29. The maximum absolute atomic E-state index is 13.3. The topological polar surface area (TPSA) is 46.5 Å².